The fourth-order valence-corrected chi connectivity index (χ4v) is 4.68. The number of rotatable bonds is 6. The van der Waals surface area contributed by atoms with E-state index in [2.05, 4.69) is 16.2 Å². The summed E-state index contributed by atoms with van der Waals surface area (Å²) < 4.78 is 23.4. The molecule has 0 aromatic rings. The van der Waals surface area contributed by atoms with Crippen LogP contribution in [0.3, 0.4) is 0 Å². The van der Waals surface area contributed by atoms with Gasteiger partial charge in [-0.25, -0.2) is 0 Å². The zero-order chi connectivity index (χ0) is 12.0. The van der Waals surface area contributed by atoms with Crippen molar-refractivity contribution < 1.29 is 13.6 Å². The molecule has 0 spiro atoms. The molecule has 0 bridgehead atoms. The van der Waals surface area contributed by atoms with Crippen molar-refractivity contribution in [3.05, 3.63) is 0 Å². The van der Waals surface area contributed by atoms with Crippen LogP contribution in [0.5, 0.6) is 0 Å². The predicted molar refractivity (Wildman–Crippen MR) is 71.2 cm³/mol. The van der Waals surface area contributed by atoms with Gasteiger partial charge >= 0.3 is 7.60 Å². The van der Waals surface area contributed by atoms with Gasteiger partial charge in [-0.1, -0.05) is 6.92 Å². The fraction of sp³-hybridized carbons (Fsp3) is 1.00. The van der Waals surface area contributed by atoms with E-state index in [4.69, 9.17) is 9.05 Å². The van der Waals surface area contributed by atoms with Crippen LogP contribution in [-0.4, -0.2) is 25.0 Å². The van der Waals surface area contributed by atoms with Crippen LogP contribution in [0.25, 0.3) is 0 Å². The lowest BCUT2D eigenvalue weighted by molar-refractivity contribution is 0.106. The number of hydrogen-bond donors (Lipinski definition) is 0. The Morgan fingerprint density at radius 3 is 2.44 bits per heavy atom. The topological polar surface area (TPSA) is 35.5 Å². The van der Waals surface area contributed by atoms with Gasteiger partial charge in [0.1, 0.15) is 0 Å². The molecule has 1 aliphatic carbocycles. The average molecular weight is 266 g/mol. The lowest BCUT2D eigenvalue weighted by Gasteiger charge is -2.29. The lowest BCUT2D eigenvalue weighted by atomic mass is 9.89. The van der Waals surface area contributed by atoms with Crippen molar-refractivity contribution in [3.63, 3.8) is 0 Å². The van der Waals surface area contributed by atoms with Crippen molar-refractivity contribution >= 4 is 16.8 Å². The molecule has 0 aromatic carbocycles. The molecule has 1 fully saturated rings. The SMILES string of the molecule is CCOP(=O)(CCP)OC1CCC(C)CC1. The van der Waals surface area contributed by atoms with Crippen molar-refractivity contribution in [1.82, 2.24) is 0 Å². The minimum atomic E-state index is -2.83. The minimum absolute atomic E-state index is 0.144. The van der Waals surface area contributed by atoms with Crippen LogP contribution >= 0.6 is 16.8 Å². The van der Waals surface area contributed by atoms with Crippen LogP contribution in [-0.2, 0) is 13.6 Å². The van der Waals surface area contributed by atoms with E-state index in [1.807, 2.05) is 6.92 Å². The lowest BCUT2D eigenvalue weighted by Crippen LogP contribution is -2.20. The molecule has 0 aromatic heterocycles. The van der Waals surface area contributed by atoms with Gasteiger partial charge in [-0.15, -0.1) is 9.24 Å². The molecule has 1 saturated carbocycles. The molecule has 0 aliphatic heterocycles. The van der Waals surface area contributed by atoms with Crippen molar-refractivity contribution in [2.45, 2.75) is 45.6 Å². The molecule has 2 unspecified atom stereocenters. The summed E-state index contributed by atoms with van der Waals surface area (Å²) in [6, 6.07) is 0. The predicted octanol–water partition coefficient (Wildman–Crippen LogP) is 3.69. The monoisotopic (exact) mass is 266 g/mol. The third-order valence-electron chi connectivity index (χ3n) is 3.00. The van der Waals surface area contributed by atoms with Gasteiger partial charge < -0.3 is 9.05 Å². The highest BCUT2D eigenvalue weighted by atomic mass is 31.2. The Morgan fingerprint density at radius 2 is 1.94 bits per heavy atom. The first kappa shape index (κ1) is 14.6. The van der Waals surface area contributed by atoms with Gasteiger partial charge in [0, 0.05) is 0 Å². The third-order valence-corrected chi connectivity index (χ3v) is 5.85. The van der Waals surface area contributed by atoms with Crippen LogP contribution < -0.4 is 0 Å². The average Bonchev–Trinajstić information content (AvgIpc) is 2.22. The maximum atomic E-state index is 12.3. The first-order valence-corrected chi connectivity index (χ1v) is 8.76. The van der Waals surface area contributed by atoms with Crippen LogP contribution in [0, 0.1) is 5.92 Å². The van der Waals surface area contributed by atoms with Crippen LogP contribution in [0.15, 0.2) is 0 Å². The molecule has 5 heteroatoms. The summed E-state index contributed by atoms with van der Waals surface area (Å²) in [5.74, 6) is 0.785. The van der Waals surface area contributed by atoms with Crippen molar-refractivity contribution in [2.75, 3.05) is 18.9 Å². The van der Waals surface area contributed by atoms with Crippen LogP contribution in [0.1, 0.15) is 39.5 Å². The van der Waals surface area contributed by atoms with E-state index in [1.54, 1.807) is 0 Å². The summed E-state index contributed by atoms with van der Waals surface area (Å²) in [4.78, 5) is 0. The van der Waals surface area contributed by atoms with Gasteiger partial charge in [0.25, 0.3) is 0 Å². The molecule has 16 heavy (non-hydrogen) atoms. The van der Waals surface area contributed by atoms with Gasteiger partial charge in [0.15, 0.2) is 0 Å². The molecule has 96 valence electrons. The highest BCUT2D eigenvalue weighted by molar-refractivity contribution is 7.54. The van der Waals surface area contributed by atoms with E-state index < -0.39 is 7.60 Å². The standard InChI is InChI=1S/C11H24O3P2/c1-3-13-16(12,9-8-15)14-11-6-4-10(2)5-7-11/h10-11H,3-9,15H2,1-2H3. The first-order chi connectivity index (χ1) is 7.59. The minimum Gasteiger partial charge on any atom is -0.309 e. The Morgan fingerprint density at radius 1 is 1.31 bits per heavy atom. The van der Waals surface area contributed by atoms with Crippen molar-refractivity contribution in [2.24, 2.45) is 5.92 Å². The summed E-state index contributed by atoms with van der Waals surface area (Å²) in [5, 5.41) is 0. The van der Waals surface area contributed by atoms with Crippen LogP contribution in [0.4, 0.5) is 0 Å². The van der Waals surface area contributed by atoms with Gasteiger partial charge in [0.2, 0.25) is 0 Å². The Hall–Kier alpha value is 0.580. The van der Waals surface area contributed by atoms with E-state index >= 15 is 0 Å². The van der Waals surface area contributed by atoms with Gasteiger partial charge in [-0.3, -0.25) is 4.57 Å². The molecule has 0 heterocycles. The highest BCUT2D eigenvalue weighted by Gasteiger charge is 2.29. The highest BCUT2D eigenvalue weighted by Crippen LogP contribution is 2.51. The van der Waals surface area contributed by atoms with E-state index in [0.29, 0.717) is 12.8 Å². The van der Waals surface area contributed by atoms with Gasteiger partial charge in [0.05, 0.1) is 18.9 Å². The van der Waals surface area contributed by atoms with Crippen molar-refractivity contribution in [1.29, 1.82) is 0 Å². The Labute approximate surface area is 101 Å². The quantitative estimate of drug-likeness (QED) is 0.688. The molecule has 1 rings (SSSR count). The second-order valence-corrected chi connectivity index (χ2v) is 7.24. The Bertz CT molecular complexity index is 227. The number of hydrogen-bond acceptors (Lipinski definition) is 3. The maximum Gasteiger partial charge on any atom is 0.331 e. The maximum absolute atomic E-state index is 12.3. The second-order valence-electron chi connectivity index (χ2n) is 4.53. The molecule has 1 aliphatic rings. The summed E-state index contributed by atoms with van der Waals surface area (Å²) in [6.07, 6.45) is 5.82. The zero-order valence-electron chi connectivity index (χ0n) is 10.4. The zero-order valence-corrected chi connectivity index (χ0v) is 12.4. The summed E-state index contributed by atoms with van der Waals surface area (Å²) in [6.45, 7) is 4.59. The molecule has 2 atom stereocenters. The van der Waals surface area contributed by atoms with E-state index in [9.17, 15) is 4.57 Å². The van der Waals surface area contributed by atoms with Crippen molar-refractivity contribution in [3.8, 4) is 0 Å². The molecule has 0 radical (unpaired) electrons. The smallest absolute Gasteiger partial charge is 0.309 e. The largest absolute Gasteiger partial charge is 0.331 e. The van der Waals surface area contributed by atoms with Crippen LogP contribution in [0.2, 0.25) is 0 Å². The molecular formula is C11H24O3P2. The molecule has 0 N–H and O–H groups in total. The molecule has 0 saturated heterocycles. The molecule has 3 nitrogen and oxygen atoms in total. The van der Waals surface area contributed by atoms with E-state index in [0.717, 1.165) is 24.9 Å². The van der Waals surface area contributed by atoms with Gasteiger partial charge in [-0.05, 0) is 44.7 Å². The van der Waals surface area contributed by atoms with E-state index in [-0.39, 0.29) is 6.10 Å². The summed E-state index contributed by atoms with van der Waals surface area (Å²) in [7, 11) is -0.245. The second kappa shape index (κ2) is 7.11. The fourth-order valence-electron chi connectivity index (χ4n) is 2.06. The molecular weight excluding hydrogens is 242 g/mol. The van der Waals surface area contributed by atoms with Gasteiger partial charge in [-0.2, -0.15) is 0 Å². The normalized spacial score (nSPS) is 29.9. The summed E-state index contributed by atoms with van der Waals surface area (Å²) >= 11 is 0. The van der Waals surface area contributed by atoms with E-state index in [1.165, 1.54) is 12.8 Å². The molecule has 0 amide bonds. The third kappa shape index (κ3) is 4.84. The Kier molecular flexibility index (Phi) is 6.51. The Balaban J connectivity index is 2.45. The summed E-state index contributed by atoms with van der Waals surface area (Å²) in [5.41, 5.74) is 0. The first-order valence-electron chi connectivity index (χ1n) is 6.21.